The highest BCUT2D eigenvalue weighted by Gasteiger charge is 2.23. The summed E-state index contributed by atoms with van der Waals surface area (Å²) in [6, 6.07) is 3.59. The predicted octanol–water partition coefficient (Wildman–Crippen LogP) is 4.20. The number of benzene rings is 1. The van der Waals surface area contributed by atoms with Crippen LogP contribution in [0, 0.1) is 5.82 Å². The zero-order valence-electron chi connectivity index (χ0n) is 11.6. The van der Waals surface area contributed by atoms with Gasteiger partial charge in [0.2, 0.25) is 0 Å². The number of ether oxygens (including phenoxy) is 1. The maximum Gasteiger partial charge on any atom is 0.137 e. The largest absolute Gasteiger partial charge is 0.489 e. The lowest BCUT2D eigenvalue weighted by Gasteiger charge is -2.29. The van der Waals surface area contributed by atoms with Gasteiger partial charge in [-0.05, 0) is 78.7 Å². The Morgan fingerprint density at radius 1 is 1.20 bits per heavy atom. The molecule has 0 amide bonds. The summed E-state index contributed by atoms with van der Waals surface area (Å²) in [5.41, 5.74) is 0.989. The molecular weight excluding hydrogens is 321 g/mol. The molecule has 0 aromatic heterocycles. The zero-order valence-corrected chi connectivity index (χ0v) is 13.2. The Labute approximate surface area is 128 Å². The van der Waals surface area contributed by atoms with Gasteiger partial charge < -0.3 is 10.1 Å². The molecule has 1 saturated carbocycles. The van der Waals surface area contributed by atoms with E-state index >= 15 is 0 Å². The fourth-order valence-electron chi connectivity index (χ4n) is 2.92. The molecule has 1 N–H and O–H groups in total. The van der Waals surface area contributed by atoms with Gasteiger partial charge in [0.15, 0.2) is 0 Å². The molecule has 110 valence electrons. The molecule has 0 radical (unpaired) electrons. The van der Waals surface area contributed by atoms with Gasteiger partial charge in [-0.1, -0.05) is 6.42 Å². The van der Waals surface area contributed by atoms with E-state index in [4.69, 9.17) is 4.74 Å². The molecule has 1 aliphatic carbocycles. The molecule has 1 aromatic rings. The van der Waals surface area contributed by atoms with Gasteiger partial charge in [-0.2, -0.15) is 0 Å². The Kier molecular flexibility index (Phi) is 4.61. The van der Waals surface area contributed by atoms with Crippen LogP contribution in [-0.4, -0.2) is 18.7 Å². The molecule has 1 heterocycles. The van der Waals surface area contributed by atoms with Crippen LogP contribution in [0.2, 0.25) is 0 Å². The smallest absolute Gasteiger partial charge is 0.137 e. The Balaban J connectivity index is 1.78. The molecule has 0 bridgehead atoms. The second-order valence-electron chi connectivity index (χ2n) is 5.90. The maximum absolute atomic E-state index is 13.7. The van der Waals surface area contributed by atoms with Crippen molar-refractivity contribution in [1.82, 2.24) is 5.32 Å². The van der Waals surface area contributed by atoms with Gasteiger partial charge in [-0.3, -0.25) is 0 Å². The number of halogens is 2. The summed E-state index contributed by atoms with van der Waals surface area (Å²) in [4.78, 5) is 0. The van der Waals surface area contributed by atoms with Gasteiger partial charge in [-0.15, -0.1) is 0 Å². The molecule has 20 heavy (non-hydrogen) atoms. The third-order valence-corrected chi connectivity index (χ3v) is 4.89. The molecule has 1 aromatic carbocycles. The highest BCUT2D eigenvalue weighted by molar-refractivity contribution is 9.10. The lowest BCUT2D eigenvalue weighted by Crippen LogP contribution is -2.36. The molecule has 2 fully saturated rings. The molecule has 1 aliphatic heterocycles. The van der Waals surface area contributed by atoms with Crippen molar-refractivity contribution in [3.8, 4) is 5.75 Å². The van der Waals surface area contributed by atoms with Gasteiger partial charge in [-0.25, -0.2) is 4.39 Å². The van der Waals surface area contributed by atoms with Crippen LogP contribution in [0.1, 0.15) is 44.1 Å². The topological polar surface area (TPSA) is 21.3 Å². The van der Waals surface area contributed by atoms with Crippen LogP contribution >= 0.6 is 15.9 Å². The first kappa shape index (κ1) is 14.3. The molecule has 4 heteroatoms. The van der Waals surface area contributed by atoms with Crippen LogP contribution in [0.4, 0.5) is 4.39 Å². The van der Waals surface area contributed by atoms with Crippen molar-refractivity contribution in [2.24, 2.45) is 0 Å². The minimum absolute atomic E-state index is 0.191. The Hall–Kier alpha value is -0.610. The van der Waals surface area contributed by atoms with E-state index in [-0.39, 0.29) is 5.82 Å². The second kappa shape index (κ2) is 6.44. The molecule has 2 aliphatic rings. The first-order valence-electron chi connectivity index (χ1n) is 7.60. The summed E-state index contributed by atoms with van der Waals surface area (Å²) in [5, 5.41) is 3.52. The van der Waals surface area contributed by atoms with Gasteiger partial charge in [0.05, 0.1) is 10.6 Å². The number of hydrogen-bond acceptors (Lipinski definition) is 2. The first-order chi connectivity index (χ1) is 9.72. The van der Waals surface area contributed by atoms with Crippen LogP contribution in [0.5, 0.6) is 5.75 Å². The molecule has 0 spiro atoms. The fraction of sp³-hybridized carbons (Fsp3) is 0.625. The molecule has 3 rings (SSSR count). The van der Waals surface area contributed by atoms with Crippen molar-refractivity contribution in [3.05, 3.63) is 28.0 Å². The van der Waals surface area contributed by atoms with Crippen LogP contribution in [-0.2, 0) is 6.42 Å². The van der Waals surface area contributed by atoms with E-state index in [9.17, 15) is 4.39 Å². The number of hydrogen-bond donors (Lipinski definition) is 1. The van der Waals surface area contributed by atoms with Gasteiger partial charge in [0, 0.05) is 6.04 Å². The summed E-state index contributed by atoms with van der Waals surface area (Å²) in [5.74, 6) is 0.659. The number of rotatable bonds is 4. The summed E-state index contributed by atoms with van der Waals surface area (Å²) in [6.45, 7) is 1.07. The number of nitrogens with one attached hydrogen (secondary N) is 1. The highest BCUT2D eigenvalue weighted by atomic mass is 79.9. The third-order valence-electron chi connectivity index (χ3n) is 4.30. The lowest BCUT2D eigenvalue weighted by atomic mass is 9.95. The minimum Gasteiger partial charge on any atom is -0.489 e. The Morgan fingerprint density at radius 3 is 2.70 bits per heavy atom. The predicted molar refractivity (Wildman–Crippen MR) is 81.7 cm³/mol. The average molecular weight is 342 g/mol. The maximum atomic E-state index is 13.7. The molecule has 1 saturated heterocycles. The summed E-state index contributed by atoms with van der Waals surface area (Å²) in [7, 11) is 0. The third kappa shape index (κ3) is 3.34. The van der Waals surface area contributed by atoms with Crippen molar-refractivity contribution in [2.75, 3.05) is 6.54 Å². The lowest BCUT2D eigenvalue weighted by molar-refractivity contribution is 0.117. The SMILES string of the molecule is Fc1cc(Br)c(OC2CCC2)c(CC2CCCCN2)c1. The second-order valence-corrected chi connectivity index (χ2v) is 6.75. The zero-order chi connectivity index (χ0) is 13.9. The number of piperidine rings is 1. The Morgan fingerprint density at radius 2 is 2.05 bits per heavy atom. The van der Waals surface area contributed by atoms with Crippen LogP contribution in [0.15, 0.2) is 16.6 Å². The van der Waals surface area contributed by atoms with Crippen LogP contribution in [0.3, 0.4) is 0 Å². The van der Waals surface area contributed by atoms with Crippen molar-refractivity contribution in [1.29, 1.82) is 0 Å². The Bertz CT molecular complexity index is 470. The highest BCUT2D eigenvalue weighted by Crippen LogP contribution is 2.35. The quantitative estimate of drug-likeness (QED) is 0.885. The van der Waals surface area contributed by atoms with E-state index in [1.54, 1.807) is 6.07 Å². The molecule has 1 unspecified atom stereocenters. The van der Waals surface area contributed by atoms with E-state index in [2.05, 4.69) is 21.2 Å². The van der Waals surface area contributed by atoms with E-state index in [1.165, 1.54) is 25.3 Å². The standard InChI is InChI=1S/C16H21BrFNO/c17-15-10-12(18)8-11(9-13-4-1-2-7-19-13)16(15)20-14-5-3-6-14/h8,10,13-14,19H,1-7,9H2. The summed E-state index contributed by atoms with van der Waals surface area (Å²) in [6.07, 6.45) is 8.30. The van der Waals surface area contributed by atoms with E-state index in [0.29, 0.717) is 12.1 Å². The van der Waals surface area contributed by atoms with Crippen molar-refractivity contribution >= 4 is 15.9 Å². The van der Waals surface area contributed by atoms with Crippen molar-refractivity contribution < 1.29 is 9.13 Å². The average Bonchev–Trinajstić information content (AvgIpc) is 2.37. The fourth-order valence-corrected chi connectivity index (χ4v) is 3.48. The molecular formula is C16H21BrFNO. The van der Waals surface area contributed by atoms with Crippen molar-refractivity contribution in [2.45, 2.75) is 57.1 Å². The summed E-state index contributed by atoms with van der Waals surface area (Å²) >= 11 is 3.46. The van der Waals surface area contributed by atoms with Crippen molar-refractivity contribution in [3.63, 3.8) is 0 Å². The normalized spacial score (nSPS) is 23.4. The van der Waals surface area contributed by atoms with Gasteiger partial charge in [0.1, 0.15) is 11.6 Å². The van der Waals surface area contributed by atoms with Gasteiger partial charge in [0.25, 0.3) is 0 Å². The first-order valence-corrected chi connectivity index (χ1v) is 8.39. The van der Waals surface area contributed by atoms with Crippen LogP contribution < -0.4 is 10.1 Å². The monoisotopic (exact) mass is 341 g/mol. The van der Waals surface area contributed by atoms with E-state index in [1.807, 2.05) is 0 Å². The van der Waals surface area contributed by atoms with Crippen LogP contribution in [0.25, 0.3) is 0 Å². The minimum atomic E-state index is -0.191. The molecule has 2 nitrogen and oxygen atoms in total. The van der Waals surface area contributed by atoms with E-state index in [0.717, 1.165) is 48.0 Å². The summed E-state index contributed by atoms with van der Waals surface area (Å²) < 4.78 is 20.5. The molecule has 1 atom stereocenters. The van der Waals surface area contributed by atoms with Gasteiger partial charge >= 0.3 is 0 Å². The van der Waals surface area contributed by atoms with E-state index < -0.39 is 0 Å².